The van der Waals surface area contributed by atoms with Crippen molar-refractivity contribution in [2.24, 2.45) is 5.41 Å². The lowest BCUT2D eigenvalue weighted by atomic mass is 9.93. The molecule has 0 aromatic carbocycles. The zero-order valence-corrected chi connectivity index (χ0v) is 36.2. The average molecular weight is 1280 g/mol. The Labute approximate surface area is 397 Å². The molecule has 0 aromatic heterocycles. The quantitative estimate of drug-likeness (QED) is 0.0788. The van der Waals surface area contributed by atoms with Crippen LogP contribution in [0.4, 0.5) is 184 Å². The Morgan fingerprint density at radius 2 is 0.387 bits per heavy atom. The molecule has 1 nitrogen and oxygen atoms in total. The Bertz CT molecular complexity index is 1670. The fourth-order valence-electron chi connectivity index (χ4n) is 4.64. The first-order valence-electron chi connectivity index (χ1n) is 17.4. The van der Waals surface area contributed by atoms with Crippen molar-refractivity contribution in [3.63, 3.8) is 0 Å². The summed E-state index contributed by atoms with van der Waals surface area (Å²) in [6.45, 7) is -2.51. The molecule has 0 amide bonds. The summed E-state index contributed by atoms with van der Waals surface area (Å²) in [6, 6.07) is 0. The van der Waals surface area contributed by atoms with Crippen molar-refractivity contribution in [2.45, 2.75) is 143 Å². The molecular formula is C29H18F42OS3. The van der Waals surface area contributed by atoms with Gasteiger partial charge in [0, 0.05) is 22.7 Å². The van der Waals surface area contributed by atoms with E-state index in [1.807, 2.05) is 0 Å². The van der Waals surface area contributed by atoms with Crippen molar-refractivity contribution in [2.75, 3.05) is 23.9 Å². The third-order valence-electron chi connectivity index (χ3n) is 9.29. The number of hydrogen-bond acceptors (Lipinski definition) is 4. The highest BCUT2D eigenvalue weighted by atomic mass is 32.2. The maximum Gasteiger partial charge on any atom is 0.460 e. The van der Waals surface area contributed by atoms with Crippen molar-refractivity contribution in [1.82, 2.24) is 0 Å². The maximum absolute atomic E-state index is 14.7. The minimum absolute atomic E-state index is 1.56. The van der Waals surface area contributed by atoms with Gasteiger partial charge in [-0.05, 0) is 0 Å². The Morgan fingerprint density at radius 1 is 0.240 bits per heavy atom. The summed E-state index contributed by atoms with van der Waals surface area (Å²) in [5, 5.41) is 9.77. The van der Waals surface area contributed by atoms with E-state index in [9.17, 15) is 190 Å². The second-order valence-corrected chi connectivity index (χ2v) is 18.3. The topological polar surface area (TPSA) is 20.2 Å². The van der Waals surface area contributed by atoms with Crippen molar-refractivity contribution in [3.8, 4) is 0 Å². The third kappa shape index (κ3) is 12.4. The highest BCUT2D eigenvalue weighted by Crippen LogP contribution is 2.65. The van der Waals surface area contributed by atoms with Gasteiger partial charge in [0.15, 0.2) is 16.5 Å². The van der Waals surface area contributed by atoms with Gasteiger partial charge in [-0.1, -0.05) is 0 Å². The molecule has 0 bridgehead atoms. The summed E-state index contributed by atoms with van der Waals surface area (Å²) in [6.07, 6.45) is -36.0. The van der Waals surface area contributed by atoms with E-state index in [1.165, 1.54) is 0 Å². The van der Waals surface area contributed by atoms with E-state index in [0.717, 1.165) is 0 Å². The van der Waals surface area contributed by atoms with Crippen LogP contribution in [-0.4, -0.2) is 153 Å². The SMILES string of the molecule is OCC(CSC(F)CC(F)(F)C(F)(F)C(F)(F)C(F)(F)C(F)(F)C(F)(F)F)(CSC(F)CC(F)(F)C(F)(F)C(F)(F)C(F)(F)C(F)(F)C(F)(F)F)CSC(F)CC(F)(F)C(F)(F)C(F)(F)C(F)(F)C(F)(F)C(F)(F)F. The number of hydrogen-bond donors (Lipinski definition) is 1. The van der Waals surface area contributed by atoms with Crippen molar-refractivity contribution in [3.05, 3.63) is 0 Å². The number of alkyl halides is 42. The van der Waals surface area contributed by atoms with Gasteiger partial charge in [-0.25, -0.2) is 13.2 Å². The molecule has 0 aliphatic heterocycles. The fraction of sp³-hybridized carbons (Fsp3) is 1.00. The Hall–Kier alpha value is -1.93. The lowest BCUT2D eigenvalue weighted by molar-refractivity contribution is -0.440. The van der Waals surface area contributed by atoms with E-state index in [4.69, 9.17) is 0 Å². The van der Waals surface area contributed by atoms with Gasteiger partial charge in [0.1, 0.15) is 0 Å². The normalized spacial score (nSPS) is 18.3. The number of rotatable bonds is 28. The molecule has 0 fully saturated rings. The third-order valence-corrected chi connectivity index (χ3v) is 13.2. The van der Waals surface area contributed by atoms with Gasteiger partial charge in [0.25, 0.3) is 0 Å². The van der Waals surface area contributed by atoms with Crippen LogP contribution in [0.5, 0.6) is 0 Å². The molecule has 0 aliphatic carbocycles. The summed E-state index contributed by atoms with van der Waals surface area (Å²) >= 11 is -4.68. The van der Waals surface area contributed by atoms with Crippen LogP contribution < -0.4 is 0 Å². The van der Waals surface area contributed by atoms with Gasteiger partial charge in [-0.3, -0.25) is 0 Å². The molecule has 0 heterocycles. The average Bonchev–Trinajstić information content (AvgIpc) is 3.18. The first kappa shape index (κ1) is 73.1. The molecule has 0 saturated carbocycles. The van der Waals surface area contributed by atoms with Crippen molar-refractivity contribution >= 4 is 35.3 Å². The van der Waals surface area contributed by atoms with E-state index in [2.05, 4.69) is 0 Å². The Balaban J connectivity index is 7.31. The van der Waals surface area contributed by atoms with Crippen LogP contribution in [0.2, 0.25) is 0 Å². The second kappa shape index (κ2) is 21.2. The molecular weight excluding hydrogens is 1260 g/mol. The smallest absolute Gasteiger partial charge is 0.396 e. The standard InChI is InChI=1S/C29H18F42OS3/c30-8(1-12(33,34)15(39,40)18(45,46)21(51,52)24(57,58)27(63,64)65)73-5-11(4-72,6-74-9(31)2-13(35,36)16(41,42)19(47,48)22(53,54)25(59,60)28(66,67)68)7-75-10(32)3-14(37,38)17(43,44)20(49,50)23(55,56)26(61,62)29(69,70)71/h8-10,72H,1-7H2. The first-order valence-corrected chi connectivity index (χ1v) is 20.5. The van der Waals surface area contributed by atoms with Gasteiger partial charge in [0.2, 0.25) is 0 Å². The van der Waals surface area contributed by atoms with Crippen molar-refractivity contribution < 1.29 is 190 Å². The molecule has 0 saturated heterocycles. The number of thioether (sulfide) groups is 3. The molecule has 452 valence electrons. The molecule has 0 rings (SSSR count). The molecule has 0 radical (unpaired) electrons. The van der Waals surface area contributed by atoms with E-state index in [0.29, 0.717) is 0 Å². The van der Waals surface area contributed by atoms with Gasteiger partial charge in [0.05, 0.1) is 25.9 Å². The monoisotopic (exact) mass is 1280 g/mol. The van der Waals surface area contributed by atoms with Crippen molar-refractivity contribution in [1.29, 1.82) is 0 Å². The van der Waals surface area contributed by atoms with Crippen LogP contribution in [0.1, 0.15) is 19.3 Å². The zero-order valence-electron chi connectivity index (χ0n) is 33.7. The molecule has 3 unspecified atom stereocenters. The number of aliphatic hydroxyl groups excluding tert-OH is 1. The van der Waals surface area contributed by atoms with Gasteiger partial charge in [-0.2, -0.15) is 171 Å². The van der Waals surface area contributed by atoms with Crippen LogP contribution in [0.3, 0.4) is 0 Å². The molecule has 75 heavy (non-hydrogen) atoms. The summed E-state index contributed by atoms with van der Waals surface area (Å²) in [7, 11) is 0. The Kier molecular flexibility index (Phi) is 20.6. The molecule has 0 aromatic rings. The lowest BCUT2D eigenvalue weighted by Crippen LogP contribution is -2.70. The molecule has 0 aliphatic rings. The number of aliphatic hydroxyl groups is 1. The van der Waals surface area contributed by atoms with Crippen LogP contribution in [0.15, 0.2) is 0 Å². The minimum atomic E-state index is -8.67. The van der Waals surface area contributed by atoms with E-state index >= 15 is 0 Å². The predicted molar refractivity (Wildman–Crippen MR) is 168 cm³/mol. The highest BCUT2D eigenvalue weighted by Gasteiger charge is 2.93. The summed E-state index contributed by atoms with van der Waals surface area (Å²) in [4.78, 5) is 0. The second-order valence-electron chi connectivity index (χ2n) is 14.9. The molecule has 46 heteroatoms. The maximum atomic E-state index is 14.7. The van der Waals surface area contributed by atoms with Gasteiger partial charge in [-0.15, -0.1) is 35.3 Å². The molecule has 0 spiro atoms. The number of halogens is 42. The van der Waals surface area contributed by atoms with E-state index < -0.39 is 208 Å². The van der Waals surface area contributed by atoms with Gasteiger partial charge >= 0.3 is 107 Å². The van der Waals surface area contributed by atoms with Crippen LogP contribution in [0.25, 0.3) is 0 Å². The fourth-order valence-corrected chi connectivity index (χ4v) is 8.49. The minimum Gasteiger partial charge on any atom is -0.396 e. The van der Waals surface area contributed by atoms with Crippen LogP contribution in [0, 0.1) is 5.41 Å². The summed E-state index contributed by atoms with van der Waals surface area (Å²) < 4.78 is 568. The first-order chi connectivity index (χ1) is 32.1. The summed E-state index contributed by atoms with van der Waals surface area (Å²) in [5.41, 5.74) is -17.1. The lowest BCUT2D eigenvalue weighted by Gasteiger charge is -2.40. The van der Waals surface area contributed by atoms with Gasteiger partial charge < -0.3 is 5.11 Å². The van der Waals surface area contributed by atoms with Crippen LogP contribution >= 0.6 is 35.3 Å². The summed E-state index contributed by atoms with van der Waals surface area (Å²) in [5.74, 6) is -132. The molecule has 3 atom stereocenters. The molecule has 1 N–H and O–H groups in total. The van der Waals surface area contributed by atoms with E-state index in [-0.39, 0.29) is 0 Å². The highest BCUT2D eigenvalue weighted by molar-refractivity contribution is 8.01. The van der Waals surface area contributed by atoms with Crippen LogP contribution in [-0.2, 0) is 0 Å². The largest absolute Gasteiger partial charge is 0.460 e. The van der Waals surface area contributed by atoms with E-state index in [1.54, 1.807) is 0 Å². The Morgan fingerprint density at radius 3 is 0.520 bits per heavy atom. The predicted octanol–water partition coefficient (Wildman–Crippen LogP) is 16.4. The zero-order chi connectivity index (χ0) is 61.3.